The fourth-order valence-corrected chi connectivity index (χ4v) is 2.65. The molecule has 2 aromatic carbocycles. The van der Waals surface area contributed by atoms with Crippen LogP contribution in [-0.4, -0.2) is 11.7 Å². The minimum Gasteiger partial charge on any atom is -0.360 e. The average molecular weight is 254 g/mol. The van der Waals surface area contributed by atoms with Gasteiger partial charge in [0.05, 0.1) is 6.04 Å². The van der Waals surface area contributed by atoms with Crippen molar-refractivity contribution in [1.82, 2.24) is 5.32 Å². The van der Waals surface area contributed by atoms with E-state index in [1.165, 1.54) is 5.56 Å². The van der Waals surface area contributed by atoms with Gasteiger partial charge in [0, 0.05) is 12.2 Å². The quantitative estimate of drug-likeness (QED) is 0.829. The second-order valence-electron chi connectivity index (χ2n) is 4.32. The standard InChI is InChI=1S/C15H14N2S/c18-15-16-11-14(12-7-3-1-4-8-12)17(15)13-9-5-2-6-10-13/h1-10,14H,11H2,(H,16,18). The van der Waals surface area contributed by atoms with Crippen LogP contribution in [0, 0.1) is 0 Å². The molecule has 90 valence electrons. The van der Waals surface area contributed by atoms with Crippen molar-refractivity contribution in [3.8, 4) is 0 Å². The largest absolute Gasteiger partial charge is 0.360 e. The zero-order valence-electron chi connectivity index (χ0n) is 9.91. The van der Waals surface area contributed by atoms with E-state index in [1.54, 1.807) is 0 Å². The van der Waals surface area contributed by atoms with Crippen molar-refractivity contribution in [2.24, 2.45) is 0 Å². The third kappa shape index (κ3) is 1.97. The molecular formula is C15H14N2S. The van der Waals surface area contributed by atoms with Crippen molar-refractivity contribution >= 4 is 23.0 Å². The number of nitrogens with one attached hydrogen (secondary N) is 1. The van der Waals surface area contributed by atoms with Gasteiger partial charge >= 0.3 is 0 Å². The Morgan fingerprint density at radius 1 is 0.944 bits per heavy atom. The maximum Gasteiger partial charge on any atom is 0.174 e. The van der Waals surface area contributed by atoms with Gasteiger partial charge in [0.25, 0.3) is 0 Å². The Morgan fingerprint density at radius 2 is 1.56 bits per heavy atom. The molecule has 0 spiro atoms. The highest BCUT2D eigenvalue weighted by molar-refractivity contribution is 7.80. The lowest BCUT2D eigenvalue weighted by Crippen LogP contribution is -2.29. The molecule has 0 bridgehead atoms. The predicted molar refractivity (Wildman–Crippen MR) is 78.7 cm³/mol. The van der Waals surface area contributed by atoms with Crippen LogP contribution in [0.3, 0.4) is 0 Å². The van der Waals surface area contributed by atoms with Crippen LogP contribution in [0.4, 0.5) is 5.69 Å². The maximum atomic E-state index is 5.41. The number of hydrogen-bond acceptors (Lipinski definition) is 1. The molecule has 3 rings (SSSR count). The molecule has 1 N–H and O–H groups in total. The van der Waals surface area contributed by atoms with Gasteiger partial charge in [-0.1, -0.05) is 48.5 Å². The smallest absolute Gasteiger partial charge is 0.174 e. The maximum absolute atomic E-state index is 5.41. The molecule has 1 unspecified atom stereocenters. The highest BCUT2D eigenvalue weighted by Gasteiger charge is 2.29. The summed E-state index contributed by atoms with van der Waals surface area (Å²) in [6.45, 7) is 0.859. The highest BCUT2D eigenvalue weighted by Crippen LogP contribution is 2.30. The SMILES string of the molecule is S=C1NCC(c2ccccc2)N1c1ccccc1. The first kappa shape index (κ1) is 11.2. The Hall–Kier alpha value is -1.87. The van der Waals surface area contributed by atoms with E-state index in [-0.39, 0.29) is 6.04 Å². The fraction of sp³-hybridized carbons (Fsp3) is 0.133. The Balaban J connectivity index is 1.98. The van der Waals surface area contributed by atoms with Crippen LogP contribution in [-0.2, 0) is 0 Å². The molecule has 0 aromatic heterocycles. The van der Waals surface area contributed by atoms with Crippen molar-refractivity contribution in [2.45, 2.75) is 6.04 Å². The lowest BCUT2D eigenvalue weighted by molar-refractivity contribution is 0.757. The van der Waals surface area contributed by atoms with Gasteiger partial charge in [-0.05, 0) is 29.9 Å². The molecule has 1 saturated heterocycles. The molecular weight excluding hydrogens is 240 g/mol. The summed E-state index contributed by atoms with van der Waals surface area (Å²) in [5.41, 5.74) is 2.43. The summed E-state index contributed by atoms with van der Waals surface area (Å²) in [5, 5.41) is 4.07. The number of anilines is 1. The third-order valence-electron chi connectivity index (χ3n) is 3.20. The molecule has 1 fully saturated rings. The Labute approximate surface area is 112 Å². The first-order valence-corrected chi connectivity index (χ1v) is 6.44. The second kappa shape index (κ2) is 4.78. The molecule has 0 radical (unpaired) electrons. The molecule has 2 nitrogen and oxygen atoms in total. The molecule has 1 aliphatic heterocycles. The fourth-order valence-electron chi connectivity index (χ4n) is 2.33. The van der Waals surface area contributed by atoms with Gasteiger partial charge in [-0.2, -0.15) is 0 Å². The van der Waals surface area contributed by atoms with Crippen LogP contribution in [0.2, 0.25) is 0 Å². The van der Waals surface area contributed by atoms with E-state index in [0.717, 1.165) is 17.3 Å². The van der Waals surface area contributed by atoms with Gasteiger partial charge in [0.2, 0.25) is 0 Å². The Bertz CT molecular complexity index is 539. The van der Waals surface area contributed by atoms with Gasteiger partial charge in [-0.3, -0.25) is 0 Å². The molecule has 0 aliphatic carbocycles. The summed E-state index contributed by atoms with van der Waals surface area (Å²) >= 11 is 5.41. The van der Waals surface area contributed by atoms with Crippen LogP contribution >= 0.6 is 12.2 Å². The molecule has 3 heteroatoms. The molecule has 0 amide bonds. The normalized spacial score (nSPS) is 18.8. The summed E-state index contributed by atoms with van der Waals surface area (Å²) in [6.07, 6.45) is 0. The monoisotopic (exact) mass is 254 g/mol. The summed E-state index contributed by atoms with van der Waals surface area (Å²) in [6, 6.07) is 21.0. The molecule has 1 aliphatic rings. The minimum atomic E-state index is 0.279. The van der Waals surface area contributed by atoms with Crippen molar-refractivity contribution in [3.63, 3.8) is 0 Å². The van der Waals surface area contributed by atoms with Crippen molar-refractivity contribution < 1.29 is 0 Å². The van der Waals surface area contributed by atoms with Crippen LogP contribution in [0.5, 0.6) is 0 Å². The number of thiocarbonyl (C=S) groups is 1. The van der Waals surface area contributed by atoms with E-state index in [9.17, 15) is 0 Å². The van der Waals surface area contributed by atoms with Crippen LogP contribution in [0.15, 0.2) is 60.7 Å². The first-order chi connectivity index (χ1) is 8.86. The van der Waals surface area contributed by atoms with E-state index in [0.29, 0.717) is 0 Å². The van der Waals surface area contributed by atoms with Crippen molar-refractivity contribution in [2.75, 3.05) is 11.4 Å². The van der Waals surface area contributed by atoms with Gasteiger partial charge < -0.3 is 10.2 Å². The number of hydrogen-bond donors (Lipinski definition) is 1. The summed E-state index contributed by atoms with van der Waals surface area (Å²) in [4.78, 5) is 2.19. The predicted octanol–water partition coefficient (Wildman–Crippen LogP) is 3.12. The minimum absolute atomic E-state index is 0.279. The third-order valence-corrected chi connectivity index (χ3v) is 3.54. The van der Waals surface area contributed by atoms with Crippen molar-refractivity contribution in [1.29, 1.82) is 0 Å². The Morgan fingerprint density at radius 3 is 2.22 bits per heavy atom. The van der Waals surface area contributed by atoms with Crippen LogP contribution < -0.4 is 10.2 Å². The molecule has 0 saturated carbocycles. The van der Waals surface area contributed by atoms with E-state index in [2.05, 4.69) is 46.6 Å². The highest BCUT2D eigenvalue weighted by atomic mass is 32.1. The zero-order chi connectivity index (χ0) is 12.4. The average Bonchev–Trinajstić information content (AvgIpc) is 2.83. The van der Waals surface area contributed by atoms with Crippen molar-refractivity contribution in [3.05, 3.63) is 66.2 Å². The number of benzene rings is 2. The lowest BCUT2D eigenvalue weighted by atomic mass is 10.1. The summed E-state index contributed by atoms with van der Waals surface area (Å²) in [5.74, 6) is 0. The molecule has 18 heavy (non-hydrogen) atoms. The molecule has 1 heterocycles. The van der Waals surface area contributed by atoms with Crippen LogP contribution in [0.25, 0.3) is 0 Å². The molecule has 2 aromatic rings. The number of rotatable bonds is 2. The lowest BCUT2D eigenvalue weighted by Gasteiger charge is -2.25. The van der Waals surface area contributed by atoms with Gasteiger partial charge in [0.1, 0.15) is 0 Å². The zero-order valence-corrected chi connectivity index (χ0v) is 10.7. The second-order valence-corrected chi connectivity index (χ2v) is 4.70. The van der Waals surface area contributed by atoms with E-state index in [4.69, 9.17) is 12.2 Å². The van der Waals surface area contributed by atoms with Gasteiger partial charge in [-0.15, -0.1) is 0 Å². The Kier molecular flexibility index (Phi) is 2.99. The van der Waals surface area contributed by atoms with Gasteiger partial charge in [0.15, 0.2) is 5.11 Å². The van der Waals surface area contributed by atoms with Crippen LogP contribution in [0.1, 0.15) is 11.6 Å². The number of nitrogens with zero attached hydrogens (tertiary/aromatic N) is 1. The van der Waals surface area contributed by atoms with Gasteiger partial charge in [-0.25, -0.2) is 0 Å². The first-order valence-electron chi connectivity index (χ1n) is 6.03. The summed E-state index contributed by atoms with van der Waals surface area (Å²) < 4.78 is 0. The van der Waals surface area contributed by atoms with E-state index in [1.807, 2.05) is 24.3 Å². The van der Waals surface area contributed by atoms with E-state index >= 15 is 0 Å². The molecule has 1 atom stereocenters. The summed E-state index contributed by atoms with van der Waals surface area (Å²) in [7, 11) is 0. The van der Waals surface area contributed by atoms with E-state index < -0.39 is 0 Å². The number of para-hydroxylation sites is 1. The topological polar surface area (TPSA) is 15.3 Å².